The van der Waals surface area contributed by atoms with E-state index in [0.717, 1.165) is 60.7 Å². The van der Waals surface area contributed by atoms with Crippen LogP contribution in [0, 0.1) is 13.8 Å². The van der Waals surface area contributed by atoms with Crippen LogP contribution in [-0.2, 0) is 36.1 Å². The van der Waals surface area contributed by atoms with E-state index < -0.39 is 0 Å². The Morgan fingerprint density at radius 3 is 2.42 bits per heavy atom. The predicted molar refractivity (Wildman–Crippen MR) is 150 cm³/mol. The van der Waals surface area contributed by atoms with Gasteiger partial charge in [0.25, 0.3) is 0 Å². The second kappa shape index (κ2) is 12.8. The molecule has 0 aliphatic carbocycles. The molecule has 1 aliphatic heterocycles. The summed E-state index contributed by atoms with van der Waals surface area (Å²) in [5, 5.41) is 4.51. The van der Waals surface area contributed by atoms with E-state index in [2.05, 4.69) is 28.0 Å². The summed E-state index contributed by atoms with van der Waals surface area (Å²) in [5.74, 6) is 0.154. The van der Waals surface area contributed by atoms with Crippen molar-refractivity contribution in [3.63, 3.8) is 0 Å². The number of hydrogen-bond donors (Lipinski definition) is 0. The summed E-state index contributed by atoms with van der Waals surface area (Å²) < 4.78 is 1.88. The molecule has 0 radical (unpaired) electrons. The van der Waals surface area contributed by atoms with Gasteiger partial charge in [0.05, 0.1) is 5.69 Å². The van der Waals surface area contributed by atoms with E-state index in [-0.39, 0.29) is 11.8 Å². The fourth-order valence-corrected chi connectivity index (χ4v) is 5.38. The molecular formula is C30H40N6O2. The highest BCUT2D eigenvalue weighted by atomic mass is 16.2. The van der Waals surface area contributed by atoms with Crippen molar-refractivity contribution in [1.82, 2.24) is 24.6 Å². The third-order valence-corrected chi connectivity index (χ3v) is 7.51. The van der Waals surface area contributed by atoms with Crippen molar-refractivity contribution in [3.8, 4) is 0 Å². The largest absolute Gasteiger partial charge is 0.338 e. The topological polar surface area (TPSA) is 74.6 Å². The van der Waals surface area contributed by atoms with Crippen LogP contribution < -0.4 is 4.90 Å². The molecule has 0 atom stereocenters. The lowest BCUT2D eigenvalue weighted by molar-refractivity contribution is -0.131. The summed E-state index contributed by atoms with van der Waals surface area (Å²) in [7, 11) is 1.94. The zero-order valence-corrected chi connectivity index (χ0v) is 23.2. The maximum absolute atomic E-state index is 13.6. The minimum atomic E-state index is 0.0220. The first-order valence-electron chi connectivity index (χ1n) is 13.6. The predicted octanol–water partition coefficient (Wildman–Crippen LogP) is 4.04. The van der Waals surface area contributed by atoms with Gasteiger partial charge in [0.2, 0.25) is 11.8 Å². The molecule has 3 aromatic rings. The number of amides is 2. The van der Waals surface area contributed by atoms with E-state index in [4.69, 9.17) is 0 Å². The fraction of sp³-hybridized carbons (Fsp3) is 0.467. The van der Waals surface area contributed by atoms with Crippen LogP contribution in [0.2, 0.25) is 0 Å². The molecule has 0 spiro atoms. The highest BCUT2D eigenvalue weighted by Crippen LogP contribution is 2.24. The number of aryl methyl sites for hydroxylation is 2. The van der Waals surface area contributed by atoms with Gasteiger partial charge in [-0.1, -0.05) is 24.3 Å². The van der Waals surface area contributed by atoms with Gasteiger partial charge in [-0.3, -0.25) is 24.2 Å². The lowest BCUT2D eigenvalue weighted by Crippen LogP contribution is -2.38. The van der Waals surface area contributed by atoms with Crippen molar-refractivity contribution in [2.24, 2.45) is 7.05 Å². The van der Waals surface area contributed by atoms with Gasteiger partial charge < -0.3 is 9.80 Å². The Balaban J connectivity index is 1.56. The molecule has 8 nitrogen and oxygen atoms in total. The van der Waals surface area contributed by atoms with E-state index in [1.807, 2.05) is 65.0 Å². The van der Waals surface area contributed by atoms with Crippen molar-refractivity contribution in [2.45, 2.75) is 59.5 Å². The van der Waals surface area contributed by atoms with Crippen LogP contribution in [0.4, 0.5) is 5.69 Å². The molecule has 0 saturated heterocycles. The summed E-state index contributed by atoms with van der Waals surface area (Å²) in [5.41, 5.74) is 6.33. The van der Waals surface area contributed by atoms with Gasteiger partial charge in [-0.25, -0.2) is 0 Å². The highest BCUT2D eigenvalue weighted by molar-refractivity contribution is 5.92. The molecule has 38 heavy (non-hydrogen) atoms. The van der Waals surface area contributed by atoms with Gasteiger partial charge in [0.1, 0.15) is 0 Å². The molecule has 1 aliphatic rings. The maximum Gasteiger partial charge on any atom is 0.223 e. The first-order chi connectivity index (χ1) is 18.3. The number of carbonyl (C=O) groups excluding carboxylic acids is 2. The van der Waals surface area contributed by atoms with Crippen LogP contribution in [0.5, 0.6) is 0 Å². The summed E-state index contributed by atoms with van der Waals surface area (Å²) in [6.45, 7) is 10.0. The van der Waals surface area contributed by atoms with Crippen molar-refractivity contribution >= 4 is 17.5 Å². The normalized spacial score (nSPS) is 15.5. The van der Waals surface area contributed by atoms with Gasteiger partial charge in [-0.15, -0.1) is 0 Å². The van der Waals surface area contributed by atoms with Crippen LogP contribution in [-0.4, -0.2) is 62.6 Å². The van der Waals surface area contributed by atoms with E-state index in [1.54, 1.807) is 13.1 Å². The smallest absolute Gasteiger partial charge is 0.223 e. The van der Waals surface area contributed by atoms with E-state index in [9.17, 15) is 9.59 Å². The van der Waals surface area contributed by atoms with Crippen molar-refractivity contribution in [3.05, 3.63) is 76.9 Å². The molecule has 1 aromatic carbocycles. The third kappa shape index (κ3) is 6.86. The number of anilines is 1. The molecule has 2 amide bonds. The summed E-state index contributed by atoms with van der Waals surface area (Å²) in [4.78, 5) is 36.8. The first-order valence-corrected chi connectivity index (χ1v) is 13.6. The van der Waals surface area contributed by atoms with Gasteiger partial charge in [-0.2, -0.15) is 5.10 Å². The lowest BCUT2D eigenvalue weighted by atomic mass is 10.1. The Labute approximate surface area is 226 Å². The van der Waals surface area contributed by atoms with E-state index >= 15 is 0 Å². The molecule has 0 unspecified atom stereocenters. The van der Waals surface area contributed by atoms with Crippen LogP contribution >= 0.6 is 0 Å². The summed E-state index contributed by atoms with van der Waals surface area (Å²) in [6.07, 6.45) is 6.57. The third-order valence-electron chi connectivity index (χ3n) is 7.51. The number of para-hydroxylation sites is 1. The number of carbonyl (C=O) groups is 2. The second-order valence-electron chi connectivity index (χ2n) is 10.2. The van der Waals surface area contributed by atoms with Crippen LogP contribution in [0.25, 0.3) is 0 Å². The number of rotatable bonds is 5. The lowest BCUT2D eigenvalue weighted by Gasteiger charge is -2.31. The minimum absolute atomic E-state index is 0.0220. The summed E-state index contributed by atoms with van der Waals surface area (Å²) in [6, 6.07) is 12.1. The zero-order chi connectivity index (χ0) is 27.1. The highest BCUT2D eigenvalue weighted by Gasteiger charge is 2.22. The van der Waals surface area contributed by atoms with Crippen molar-refractivity contribution in [2.75, 3.05) is 31.1 Å². The quantitative estimate of drug-likeness (QED) is 0.512. The number of fused-ring (bicyclic) bond motifs is 1. The van der Waals surface area contributed by atoms with Crippen LogP contribution in [0.3, 0.4) is 0 Å². The number of nitrogens with zero attached hydrogens (tertiary/aromatic N) is 6. The molecule has 202 valence electrons. The fourth-order valence-electron chi connectivity index (χ4n) is 5.38. The standard InChI is InChI=1S/C30H40N6O2/c1-23-28(24(2)33(4)32-23)13-14-30(38)35-18-8-16-34(21-26-10-7-15-31-20-26)17-9-19-36(25(3)37)29-12-6-5-11-27(29)22-35/h5-7,10-12,15,20H,8-9,13-14,16-19,21-22H2,1-4H3. The number of benzene rings is 1. The Morgan fingerprint density at radius 2 is 1.74 bits per heavy atom. The molecule has 0 bridgehead atoms. The average Bonchev–Trinajstić information content (AvgIpc) is 3.14. The zero-order valence-electron chi connectivity index (χ0n) is 23.2. The summed E-state index contributed by atoms with van der Waals surface area (Å²) >= 11 is 0. The molecule has 2 aromatic heterocycles. The average molecular weight is 517 g/mol. The Kier molecular flexibility index (Phi) is 9.29. The van der Waals surface area contributed by atoms with Crippen LogP contribution in [0.15, 0.2) is 48.8 Å². The van der Waals surface area contributed by atoms with E-state index in [1.165, 1.54) is 5.56 Å². The van der Waals surface area contributed by atoms with Crippen LogP contribution in [0.1, 0.15) is 54.3 Å². The van der Waals surface area contributed by atoms with Crippen molar-refractivity contribution < 1.29 is 9.59 Å². The monoisotopic (exact) mass is 516 g/mol. The Bertz CT molecular complexity index is 1240. The molecule has 3 heterocycles. The number of pyridine rings is 1. The molecule has 0 saturated carbocycles. The maximum atomic E-state index is 13.6. The molecule has 8 heteroatoms. The molecule has 4 rings (SSSR count). The van der Waals surface area contributed by atoms with Gasteiger partial charge in [0, 0.05) is 83.4 Å². The van der Waals surface area contributed by atoms with Gasteiger partial charge in [-0.05, 0) is 61.9 Å². The SMILES string of the molecule is CC(=O)N1CCCN(Cc2cccnc2)CCCN(C(=O)CCc2c(C)nn(C)c2C)Cc2ccccc21. The second-order valence-corrected chi connectivity index (χ2v) is 10.2. The van der Waals surface area contributed by atoms with Gasteiger partial charge >= 0.3 is 0 Å². The molecule has 0 N–H and O–H groups in total. The van der Waals surface area contributed by atoms with Gasteiger partial charge in [0.15, 0.2) is 0 Å². The Morgan fingerprint density at radius 1 is 0.974 bits per heavy atom. The molecule has 0 fully saturated rings. The molecular weight excluding hydrogens is 476 g/mol. The first kappa shape index (κ1) is 27.5. The Hall–Kier alpha value is -3.52. The minimum Gasteiger partial charge on any atom is -0.338 e. The van der Waals surface area contributed by atoms with Crippen molar-refractivity contribution in [1.29, 1.82) is 0 Å². The number of aromatic nitrogens is 3. The number of hydrogen-bond acceptors (Lipinski definition) is 5. The van der Waals surface area contributed by atoms with E-state index in [0.29, 0.717) is 32.5 Å².